The summed E-state index contributed by atoms with van der Waals surface area (Å²) in [6, 6.07) is 8.64. The molecule has 0 spiro atoms. The van der Waals surface area contributed by atoms with Gasteiger partial charge in [-0.2, -0.15) is 0 Å². The number of nitrogens with one attached hydrogen (secondary N) is 2. The predicted molar refractivity (Wildman–Crippen MR) is 148 cm³/mol. The second-order valence-corrected chi connectivity index (χ2v) is 8.90. The second kappa shape index (κ2) is 17.2. The van der Waals surface area contributed by atoms with Crippen LogP contribution in [0.4, 0.5) is 0 Å². The first-order valence-electron chi connectivity index (χ1n) is 12.8. The van der Waals surface area contributed by atoms with Gasteiger partial charge in [0, 0.05) is 52.4 Å². The van der Waals surface area contributed by atoms with Crippen LogP contribution in [0.5, 0.6) is 0 Å². The third-order valence-electron chi connectivity index (χ3n) is 5.62. The zero-order valence-electron chi connectivity index (χ0n) is 23.1. The van der Waals surface area contributed by atoms with Crippen LogP contribution in [0.2, 0.25) is 0 Å². The maximum atomic E-state index is 4.93. The first-order chi connectivity index (χ1) is 16.3. The highest BCUT2D eigenvalue weighted by atomic mass is 15.3. The predicted octanol–water partition coefficient (Wildman–Crippen LogP) is 2.38. The fraction of sp³-hybridized carbons (Fsp3) is 0.692. The number of nitrogens with zero attached hydrogens (tertiary/aromatic N) is 6. The van der Waals surface area contributed by atoms with E-state index >= 15 is 0 Å². The lowest BCUT2D eigenvalue weighted by molar-refractivity contribution is 0.398. The molecule has 0 aliphatic carbocycles. The maximum Gasteiger partial charge on any atom is 0.194 e. The van der Waals surface area contributed by atoms with Gasteiger partial charge in [-0.25, -0.2) is 9.98 Å². The lowest BCUT2D eigenvalue weighted by Gasteiger charge is -2.25. The van der Waals surface area contributed by atoms with Gasteiger partial charge < -0.3 is 30.2 Å². The first kappa shape index (κ1) is 29.7. The highest BCUT2D eigenvalue weighted by Crippen LogP contribution is 2.09. The van der Waals surface area contributed by atoms with Crippen molar-refractivity contribution in [1.82, 2.24) is 30.2 Å². The van der Waals surface area contributed by atoms with Crippen LogP contribution in [0.15, 0.2) is 34.3 Å². The summed E-state index contributed by atoms with van der Waals surface area (Å²) >= 11 is 0. The van der Waals surface area contributed by atoms with Crippen molar-refractivity contribution in [3.63, 3.8) is 0 Å². The third-order valence-corrected chi connectivity index (χ3v) is 5.62. The Kier molecular flexibility index (Phi) is 15.0. The molecule has 34 heavy (non-hydrogen) atoms. The Balaban J connectivity index is 2.92. The van der Waals surface area contributed by atoms with E-state index in [0.717, 1.165) is 64.3 Å². The molecule has 0 aliphatic heterocycles. The normalized spacial score (nSPS) is 12.4. The molecule has 0 aromatic heterocycles. The summed E-state index contributed by atoms with van der Waals surface area (Å²) in [6.45, 7) is 17.5. The minimum atomic E-state index is 0.655. The summed E-state index contributed by atoms with van der Waals surface area (Å²) < 4.78 is 0. The van der Waals surface area contributed by atoms with E-state index in [1.54, 1.807) is 0 Å². The van der Waals surface area contributed by atoms with Crippen molar-refractivity contribution >= 4 is 11.9 Å². The van der Waals surface area contributed by atoms with Gasteiger partial charge in [0.2, 0.25) is 0 Å². The number of hydrogen-bond donors (Lipinski definition) is 2. The number of rotatable bonds is 14. The Labute approximate surface area is 209 Å². The molecule has 8 heteroatoms. The second-order valence-electron chi connectivity index (χ2n) is 8.90. The summed E-state index contributed by atoms with van der Waals surface area (Å²) in [5.41, 5.74) is 2.41. The summed E-state index contributed by atoms with van der Waals surface area (Å²) in [5.74, 6) is 1.95. The molecule has 0 aliphatic rings. The molecule has 0 saturated heterocycles. The maximum absolute atomic E-state index is 4.93. The van der Waals surface area contributed by atoms with Gasteiger partial charge in [0.1, 0.15) is 0 Å². The van der Waals surface area contributed by atoms with Crippen molar-refractivity contribution in [2.45, 2.75) is 40.8 Å². The van der Waals surface area contributed by atoms with Crippen molar-refractivity contribution in [1.29, 1.82) is 0 Å². The van der Waals surface area contributed by atoms with Gasteiger partial charge in [-0.1, -0.05) is 24.3 Å². The minimum Gasteiger partial charge on any atom is -0.355 e. The summed E-state index contributed by atoms with van der Waals surface area (Å²) in [7, 11) is 8.36. The van der Waals surface area contributed by atoms with Crippen molar-refractivity contribution in [3.8, 4) is 0 Å². The third kappa shape index (κ3) is 11.7. The topological polar surface area (TPSA) is 61.7 Å². The van der Waals surface area contributed by atoms with Crippen molar-refractivity contribution in [2.75, 3.05) is 80.5 Å². The van der Waals surface area contributed by atoms with Crippen molar-refractivity contribution in [3.05, 3.63) is 35.4 Å². The number of hydrogen-bond acceptors (Lipinski definition) is 4. The highest BCUT2D eigenvalue weighted by Gasteiger charge is 2.09. The molecule has 194 valence electrons. The molecule has 0 bridgehead atoms. The number of benzene rings is 1. The van der Waals surface area contributed by atoms with E-state index in [9.17, 15) is 0 Å². The Morgan fingerprint density at radius 2 is 1.06 bits per heavy atom. The van der Waals surface area contributed by atoms with Crippen LogP contribution in [-0.2, 0) is 13.1 Å². The van der Waals surface area contributed by atoms with Crippen LogP contribution in [0.3, 0.4) is 0 Å². The van der Waals surface area contributed by atoms with E-state index < -0.39 is 0 Å². The molecular formula is C26H50N8. The molecule has 0 unspecified atom stereocenters. The monoisotopic (exact) mass is 474 g/mol. The van der Waals surface area contributed by atoms with E-state index in [0.29, 0.717) is 13.1 Å². The number of aliphatic imine (C=N–C) groups is 2. The molecule has 0 heterocycles. The Bertz CT molecular complexity index is 664. The van der Waals surface area contributed by atoms with Crippen LogP contribution in [-0.4, -0.2) is 112 Å². The van der Waals surface area contributed by atoms with E-state index in [1.165, 1.54) is 11.1 Å². The fourth-order valence-electron chi connectivity index (χ4n) is 3.52. The van der Waals surface area contributed by atoms with Crippen molar-refractivity contribution < 1.29 is 0 Å². The Morgan fingerprint density at radius 1 is 0.676 bits per heavy atom. The van der Waals surface area contributed by atoms with Gasteiger partial charge in [0.15, 0.2) is 11.9 Å². The Hall–Kier alpha value is -2.32. The average Bonchev–Trinajstić information content (AvgIpc) is 2.81. The minimum absolute atomic E-state index is 0.655. The molecule has 2 N–H and O–H groups in total. The molecule has 1 aromatic rings. The smallest absolute Gasteiger partial charge is 0.194 e. The van der Waals surface area contributed by atoms with Gasteiger partial charge in [-0.15, -0.1) is 0 Å². The van der Waals surface area contributed by atoms with Crippen LogP contribution >= 0.6 is 0 Å². The van der Waals surface area contributed by atoms with Crippen LogP contribution in [0.25, 0.3) is 0 Å². The summed E-state index contributed by atoms with van der Waals surface area (Å²) in [6.07, 6.45) is 0. The SMILES string of the molecule is CCN(CC)C(=NCc1cccc(CN=C(NCCN(C)C)N(CC)CC)c1)NCCN(C)C. The van der Waals surface area contributed by atoms with Gasteiger partial charge >= 0.3 is 0 Å². The average molecular weight is 475 g/mol. The molecule has 0 fully saturated rings. The lowest BCUT2D eigenvalue weighted by atomic mass is 10.1. The van der Waals surface area contributed by atoms with Crippen LogP contribution < -0.4 is 10.6 Å². The zero-order chi connectivity index (χ0) is 25.3. The van der Waals surface area contributed by atoms with E-state index in [2.05, 4.69) is 110 Å². The number of guanidine groups is 2. The van der Waals surface area contributed by atoms with E-state index in [4.69, 9.17) is 9.98 Å². The van der Waals surface area contributed by atoms with E-state index in [1.807, 2.05) is 0 Å². The highest BCUT2D eigenvalue weighted by molar-refractivity contribution is 5.80. The fourth-order valence-corrected chi connectivity index (χ4v) is 3.52. The van der Waals surface area contributed by atoms with Crippen LogP contribution in [0, 0.1) is 0 Å². The summed E-state index contributed by atoms with van der Waals surface area (Å²) in [5, 5.41) is 7.05. The largest absolute Gasteiger partial charge is 0.355 e. The van der Waals surface area contributed by atoms with E-state index in [-0.39, 0.29) is 0 Å². The quantitative estimate of drug-likeness (QED) is 0.319. The van der Waals surface area contributed by atoms with Gasteiger partial charge in [0.25, 0.3) is 0 Å². The molecule has 1 rings (SSSR count). The molecule has 0 amide bonds. The Morgan fingerprint density at radius 3 is 1.38 bits per heavy atom. The molecule has 0 saturated carbocycles. The van der Waals surface area contributed by atoms with Gasteiger partial charge in [-0.05, 0) is 67.0 Å². The molecule has 0 atom stereocenters. The molecule has 8 nitrogen and oxygen atoms in total. The molecule has 0 radical (unpaired) electrons. The zero-order valence-corrected chi connectivity index (χ0v) is 23.1. The molecular weight excluding hydrogens is 424 g/mol. The summed E-state index contributed by atoms with van der Waals surface area (Å²) in [4.78, 5) is 18.8. The van der Waals surface area contributed by atoms with Crippen LogP contribution in [0.1, 0.15) is 38.8 Å². The lowest BCUT2D eigenvalue weighted by Crippen LogP contribution is -2.43. The van der Waals surface area contributed by atoms with Gasteiger partial charge in [-0.3, -0.25) is 0 Å². The first-order valence-corrected chi connectivity index (χ1v) is 12.8. The molecule has 1 aromatic carbocycles. The standard InChI is InChI=1S/C26H50N8/c1-9-33(10-2)25(27-16-18-31(5)6)29-21-23-14-13-15-24(20-23)22-30-26(34(11-3)12-4)28-17-19-32(7)8/h13-15,20H,9-12,16-19,21-22H2,1-8H3,(H,27,29)(H,28,30). The van der Waals surface area contributed by atoms with Gasteiger partial charge in [0.05, 0.1) is 13.1 Å². The van der Waals surface area contributed by atoms with Crippen molar-refractivity contribution in [2.24, 2.45) is 9.98 Å². The number of likely N-dealkylation sites (N-methyl/N-ethyl adjacent to an activating group) is 2.